The average Bonchev–Trinajstić information content (AvgIpc) is 2.94. The molecular formula is C37H38O6. The predicted octanol–water partition coefficient (Wildman–Crippen LogP) is 6.82. The van der Waals surface area contributed by atoms with E-state index in [-0.39, 0.29) is 30.5 Å². The van der Waals surface area contributed by atoms with Crippen LogP contribution in [0.1, 0.15) is 66.8 Å². The van der Waals surface area contributed by atoms with Gasteiger partial charge in [-0.1, -0.05) is 77.4 Å². The number of hydrogen-bond donors (Lipinski definition) is 3. The van der Waals surface area contributed by atoms with E-state index in [1.165, 1.54) is 0 Å². The van der Waals surface area contributed by atoms with Crippen molar-refractivity contribution >= 4 is 5.97 Å². The van der Waals surface area contributed by atoms with Gasteiger partial charge in [-0.15, -0.1) is 0 Å². The second-order valence-corrected chi connectivity index (χ2v) is 11.6. The predicted molar refractivity (Wildman–Crippen MR) is 168 cm³/mol. The van der Waals surface area contributed by atoms with Gasteiger partial charge in [-0.25, -0.2) is 4.79 Å². The summed E-state index contributed by atoms with van der Waals surface area (Å²) in [5.74, 6) is 0.669. The first-order chi connectivity index (χ1) is 20.5. The second kappa shape index (κ2) is 12.3. The Kier molecular flexibility index (Phi) is 8.49. The molecule has 0 radical (unpaired) electrons. The molecule has 0 fully saturated rings. The summed E-state index contributed by atoms with van der Waals surface area (Å²) in [5, 5.41) is 34.4. The van der Waals surface area contributed by atoms with Gasteiger partial charge in [-0.3, -0.25) is 0 Å². The van der Waals surface area contributed by atoms with E-state index in [9.17, 15) is 20.1 Å². The zero-order valence-corrected chi connectivity index (χ0v) is 25.2. The van der Waals surface area contributed by atoms with Crippen molar-refractivity contribution in [1.29, 1.82) is 0 Å². The molecule has 1 aliphatic rings. The molecule has 43 heavy (non-hydrogen) atoms. The lowest BCUT2D eigenvalue weighted by Gasteiger charge is -2.21. The Hall–Kier alpha value is -4.71. The molecule has 4 aromatic rings. The summed E-state index contributed by atoms with van der Waals surface area (Å²) < 4.78 is 11.5. The fourth-order valence-corrected chi connectivity index (χ4v) is 6.15. The minimum Gasteiger partial charge on any atom is -0.507 e. The van der Waals surface area contributed by atoms with E-state index in [1.54, 1.807) is 0 Å². The first-order valence-corrected chi connectivity index (χ1v) is 14.5. The van der Waals surface area contributed by atoms with Crippen LogP contribution in [-0.2, 0) is 35.2 Å². The van der Waals surface area contributed by atoms with E-state index in [1.807, 2.05) is 76.2 Å². The SMILES string of the molecule is C=CC(=O)OCCOc1c2cc(C)cc1Cc1cc(C)cc(c1O)Cc1cc(C)cc(c1O)Cc1cc(C)cc(c1O)C2. The molecular weight excluding hydrogens is 540 g/mol. The number of fused-ring (bicyclic) bond motifs is 8. The number of aryl methyl sites for hydroxylation is 4. The molecule has 6 heteroatoms. The molecule has 6 nitrogen and oxygen atoms in total. The van der Waals surface area contributed by atoms with Crippen molar-refractivity contribution in [2.45, 2.75) is 53.4 Å². The van der Waals surface area contributed by atoms with Gasteiger partial charge in [-0.2, -0.15) is 0 Å². The number of rotatable bonds is 5. The number of carbonyl (C=O) groups is 1. The van der Waals surface area contributed by atoms with E-state index in [0.29, 0.717) is 31.4 Å². The lowest BCUT2D eigenvalue weighted by atomic mass is 9.89. The zero-order valence-electron chi connectivity index (χ0n) is 25.2. The number of hydrogen-bond acceptors (Lipinski definition) is 6. The van der Waals surface area contributed by atoms with E-state index < -0.39 is 5.97 Å². The molecule has 5 rings (SSSR count). The molecule has 1 aliphatic carbocycles. The van der Waals surface area contributed by atoms with Gasteiger partial charge >= 0.3 is 5.97 Å². The molecule has 222 valence electrons. The van der Waals surface area contributed by atoms with Crippen molar-refractivity contribution in [3.05, 3.63) is 128 Å². The van der Waals surface area contributed by atoms with Crippen molar-refractivity contribution in [3.8, 4) is 23.0 Å². The summed E-state index contributed by atoms with van der Waals surface area (Å²) in [6.45, 7) is 11.6. The van der Waals surface area contributed by atoms with Crippen LogP contribution in [0.4, 0.5) is 0 Å². The van der Waals surface area contributed by atoms with Gasteiger partial charge in [0, 0.05) is 31.8 Å². The minimum absolute atomic E-state index is 0.0535. The third kappa shape index (κ3) is 6.54. The zero-order chi connectivity index (χ0) is 30.8. The van der Waals surface area contributed by atoms with E-state index in [4.69, 9.17) is 9.47 Å². The van der Waals surface area contributed by atoms with Crippen molar-refractivity contribution in [1.82, 2.24) is 0 Å². The maximum absolute atomic E-state index is 11.6. The molecule has 4 aromatic carbocycles. The highest BCUT2D eigenvalue weighted by molar-refractivity contribution is 5.81. The van der Waals surface area contributed by atoms with Crippen molar-refractivity contribution < 1.29 is 29.6 Å². The topological polar surface area (TPSA) is 96.2 Å². The molecule has 0 heterocycles. The molecule has 8 bridgehead atoms. The average molecular weight is 579 g/mol. The highest BCUT2D eigenvalue weighted by Crippen LogP contribution is 2.39. The van der Waals surface area contributed by atoms with Crippen molar-refractivity contribution in [3.63, 3.8) is 0 Å². The van der Waals surface area contributed by atoms with Gasteiger partial charge in [-0.05, 0) is 72.2 Å². The lowest BCUT2D eigenvalue weighted by molar-refractivity contribution is -0.138. The van der Waals surface area contributed by atoms with Crippen LogP contribution >= 0.6 is 0 Å². The van der Waals surface area contributed by atoms with Crippen LogP contribution in [0.3, 0.4) is 0 Å². The van der Waals surface area contributed by atoms with Crippen LogP contribution in [0.2, 0.25) is 0 Å². The highest BCUT2D eigenvalue weighted by Gasteiger charge is 2.21. The molecule has 0 spiro atoms. The Bertz CT molecular complexity index is 1630. The summed E-state index contributed by atoms with van der Waals surface area (Å²) in [7, 11) is 0. The first kappa shape index (κ1) is 29.8. The molecule has 3 N–H and O–H groups in total. The smallest absolute Gasteiger partial charge is 0.330 e. The van der Waals surface area contributed by atoms with Crippen LogP contribution < -0.4 is 4.74 Å². The van der Waals surface area contributed by atoms with E-state index >= 15 is 0 Å². The quantitative estimate of drug-likeness (QED) is 0.120. The summed E-state index contributed by atoms with van der Waals surface area (Å²) in [6.07, 6.45) is 2.61. The molecule has 0 saturated carbocycles. The lowest BCUT2D eigenvalue weighted by Crippen LogP contribution is -2.13. The monoisotopic (exact) mass is 578 g/mol. The summed E-state index contributed by atoms with van der Waals surface area (Å²) >= 11 is 0. The van der Waals surface area contributed by atoms with Gasteiger partial charge in [0.1, 0.15) is 36.2 Å². The van der Waals surface area contributed by atoms with Gasteiger partial charge in [0.2, 0.25) is 0 Å². The molecule has 0 atom stereocenters. The molecule has 0 aromatic heterocycles. The Balaban J connectivity index is 1.71. The van der Waals surface area contributed by atoms with E-state index in [2.05, 4.69) is 6.58 Å². The largest absolute Gasteiger partial charge is 0.507 e. The van der Waals surface area contributed by atoms with Gasteiger partial charge in [0.15, 0.2) is 0 Å². The maximum Gasteiger partial charge on any atom is 0.330 e. The van der Waals surface area contributed by atoms with Crippen LogP contribution in [0, 0.1) is 27.7 Å². The van der Waals surface area contributed by atoms with Crippen LogP contribution in [0.25, 0.3) is 0 Å². The number of carbonyl (C=O) groups excluding carboxylic acids is 1. The summed E-state index contributed by atoms with van der Waals surface area (Å²) in [4.78, 5) is 11.6. The van der Waals surface area contributed by atoms with Crippen molar-refractivity contribution in [2.24, 2.45) is 0 Å². The van der Waals surface area contributed by atoms with Gasteiger partial charge in [0.05, 0.1) is 0 Å². The number of aromatic hydroxyl groups is 3. The fourth-order valence-electron chi connectivity index (χ4n) is 6.15. The van der Waals surface area contributed by atoms with Crippen LogP contribution in [0.15, 0.2) is 61.2 Å². The Labute approximate surface area is 252 Å². The number of phenols is 3. The molecule has 0 amide bonds. The highest BCUT2D eigenvalue weighted by atomic mass is 16.6. The second-order valence-electron chi connectivity index (χ2n) is 11.6. The Morgan fingerprint density at radius 2 is 0.907 bits per heavy atom. The minimum atomic E-state index is -0.519. The van der Waals surface area contributed by atoms with Crippen LogP contribution in [-0.4, -0.2) is 34.5 Å². The Morgan fingerprint density at radius 1 is 0.605 bits per heavy atom. The van der Waals surface area contributed by atoms with Crippen LogP contribution in [0.5, 0.6) is 23.0 Å². The normalized spacial score (nSPS) is 12.5. The number of esters is 1. The third-order valence-corrected chi connectivity index (χ3v) is 7.89. The number of phenolic OH excluding ortho intramolecular Hbond substituents is 3. The standard InChI is InChI=1S/C37H38O6/c1-6-33(38)42-7-8-43-37-31-15-24(5)16-32(37)20-30-14-23(4)12-28(36(30)41)18-26-10-21(2)9-25(34(26)39)17-27-11-22(3)13-29(19-31)35(27)40/h6,9-16,39-41H,1,7-8,17-20H2,2-5H3. The summed E-state index contributed by atoms with van der Waals surface area (Å²) in [5.41, 5.74) is 10.1. The molecule has 0 saturated heterocycles. The number of ether oxygens (including phenoxy) is 2. The molecule has 0 unspecified atom stereocenters. The third-order valence-electron chi connectivity index (χ3n) is 7.89. The summed E-state index contributed by atoms with van der Waals surface area (Å²) in [6, 6.07) is 15.8. The Morgan fingerprint density at radius 3 is 1.23 bits per heavy atom. The fraction of sp³-hybridized carbons (Fsp3) is 0.270. The molecule has 0 aliphatic heterocycles. The maximum atomic E-state index is 11.6. The first-order valence-electron chi connectivity index (χ1n) is 14.5. The van der Waals surface area contributed by atoms with Gasteiger partial charge < -0.3 is 24.8 Å². The van der Waals surface area contributed by atoms with Crippen molar-refractivity contribution in [2.75, 3.05) is 13.2 Å². The van der Waals surface area contributed by atoms with Gasteiger partial charge in [0.25, 0.3) is 0 Å². The van der Waals surface area contributed by atoms with E-state index in [0.717, 1.165) is 72.8 Å². The number of benzene rings is 4.